The fourth-order valence-electron chi connectivity index (χ4n) is 0.599. The van der Waals surface area contributed by atoms with Gasteiger partial charge in [0.1, 0.15) is 0 Å². The number of hydrogen-bond donors (Lipinski definition) is 1. The third-order valence-corrected chi connectivity index (χ3v) is 2.99. The van der Waals surface area contributed by atoms with Gasteiger partial charge in [0.15, 0.2) is 5.13 Å². The SMILES string of the molecule is CSC(C)C(=O)Nc1nccs1. The fourth-order valence-corrected chi connectivity index (χ4v) is 1.40. The normalized spacial score (nSPS) is 12.5. The number of nitrogens with zero attached hydrogens (tertiary/aromatic N) is 1. The predicted molar refractivity (Wildman–Crippen MR) is 53.7 cm³/mol. The standard InChI is InChI=1S/C7H10N2OS2/c1-5(11-2)6(10)9-7-8-3-4-12-7/h3-5H,1-2H3,(H,8,9,10). The Labute approximate surface area is 79.6 Å². The van der Waals surface area contributed by atoms with Crippen molar-refractivity contribution in [3.63, 3.8) is 0 Å². The number of thiazole rings is 1. The molecule has 1 rings (SSSR count). The molecule has 0 saturated carbocycles. The van der Waals surface area contributed by atoms with E-state index in [0.717, 1.165) is 0 Å². The van der Waals surface area contributed by atoms with Crippen molar-refractivity contribution < 1.29 is 4.79 Å². The minimum Gasteiger partial charge on any atom is -0.301 e. The van der Waals surface area contributed by atoms with Crippen LogP contribution in [0.1, 0.15) is 6.92 Å². The summed E-state index contributed by atoms with van der Waals surface area (Å²) < 4.78 is 0. The van der Waals surface area contributed by atoms with E-state index in [1.807, 2.05) is 18.6 Å². The quantitative estimate of drug-likeness (QED) is 0.813. The van der Waals surface area contributed by atoms with Crippen LogP contribution >= 0.6 is 23.1 Å². The lowest BCUT2D eigenvalue weighted by molar-refractivity contribution is -0.115. The van der Waals surface area contributed by atoms with Crippen molar-refractivity contribution in [3.8, 4) is 0 Å². The summed E-state index contributed by atoms with van der Waals surface area (Å²) in [5.41, 5.74) is 0. The molecule has 1 aromatic rings. The molecule has 0 spiro atoms. The lowest BCUT2D eigenvalue weighted by Gasteiger charge is -2.06. The molecule has 12 heavy (non-hydrogen) atoms. The number of carbonyl (C=O) groups is 1. The summed E-state index contributed by atoms with van der Waals surface area (Å²) in [4.78, 5) is 15.2. The molecule has 66 valence electrons. The number of amides is 1. The van der Waals surface area contributed by atoms with Gasteiger partial charge in [0, 0.05) is 11.6 Å². The molecule has 0 aliphatic carbocycles. The van der Waals surface area contributed by atoms with Gasteiger partial charge in [0.25, 0.3) is 0 Å². The Morgan fingerprint density at radius 2 is 2.58 bits per heavy atom. The summed E-state index contributed by atoms with van der Waals surface area (Å²) in [6.45, 7) is 1.87. The molecular weight excluding hydrogens is 192 g/mol. The summed E-state index contributed by atoms with van der Waals surface area (Å²) in [5, 5.41) is 5.20. The van der Waals surface area contributed by atoms with Crippen LogP contribution in [-0.4, -0.2) is 22.4 Å². The van der Waals surface area contributed by atoms with E-state index < -0.39 is 0 Å². The Hall–Kier alpha value is -0.550. The molecule has 0 aromatic carbocycles. The van der Waals surface area contributed by atoms with Crippen LogP contribution in [0, 0.1) is 0 Å². The van der Waals surface area contributed by atoms with Crippen molar-refractivity contribution in [2.75, 3.05) is 11.6 Å². The van der Waals surface area contributed by atoms with Crippen LogP contribution in [0.25, 0.3) is 0 Å². The highest BCUT2D eigenvalue weighted by Gasteiger charge is 2.11. The van der Waals surface area contributed by atoms with E-state index in [9.17, 15) is 4.79 Å². The lowest BCUT2D eigenvalue weighted by Crippen LogP contribution is -2.21. The zero-order chi connectivity index (χ0) is 8.97. The highest BCUT2D eigenvalue weighted by atomic mass is 32.2. The maximum atomic E-state index is 11.3. The lowest BCUT2D eigenvalue weighted by atomic mass is 10.4. The van der Waals surface area contributed by atoms with E-state index in [4.69, 9.17) is 0 Å². The second kappa shape index (κ2) is 4.47. The van der Waals surface area contributed by atoms with Crippen molar-refractivity contribution in [2.24, 2.45) is 0 Å². The van der Waals surface area contributed by atoms with E-state index >= 15 is 0 Å². The second-order valence-electron chi connectivity index (χ2n) is 2.20. The molecule has 1 aromatic heterocycles. The Morgan fingerprint density at radius 1 is 1.83 bits per heavy atom. The van der Waals surface area contributed by atoms with Gasteiger partial charge in [-0.15, -0.1) is 11.3 Å². The summed E-state index contributed by atoms with van der Waals surface area (Å²) in [7, 11) is 0. The molecule has 1 amide bonds. The summed E-state index contributed by atoms with van der Waals surface area (Å²) >= 11 is 2.95. The Bertz CT molecular complexity index is 248. The van der Waals surface area contributed by atoms with E-state index in [1.54, 1.807) is 6.20 Å². The van der Waals surface area contributed by atoms with Crippen LogP contribution in [0.3, 0.4) is 0 Å². The van der Waals surface area contributed by atoms with E-state index in [1.165, 1.54) is 23.1 Å². The molecule has 1 atom stereocenters. The third kappa shape index (κ3) is 2.49. The number of carbonyl (C=O) groups excluding carboxylic acids is 1. The van der Waals surface area contributed by atoms with Gasteiger partial charge < -0.3 is 5.32 Å². The van der Waals surface area contributed by atoms with Crippen LogP contribution in [-0.2, 0) is 4.79 Å². The Balaban J connectivity index is 2.47. The van der Waals surface area contributed by atoms with Crippen LogP contribution in [0.5, 0.6) is 0 Å². The van der Waals surface area contributed by atoms with E-state index in [-0.39, 0.29) is 11.2 Å². The molecule has 0 saturated heterocycles. The number of aromatic nitrogens is 1. The summed E-state index contributed by atoms with van der Waals surface area (Å²) in [5.74, 6) is 0.0115. The van der Waals surface area contributed by atoms with Gasteiger partial charge in [0.2, 0.25) is 5.91 Å². The first kappa shape index (κ1) is 9.54. The molecule has 3 nitrogen and oxygen atoms in total. The van der Waals surface area contributed by atoms with Crippen molar-refractivity contribution in [2.45, 2.75) is 12.2 Å². The number of rotatable bonds is 3. The molecule has 1 unspecified atom stereocenters. The molecule has 0 bridgehead atoms. The third-order valence-electron chi connectivity index (χ3n) is 1.39. The molecule has 0 aliphatic heterocycles. The predicted octanol–water partition coefficient (Wildman–Crippen LogP) is 1.83. The van der Waals surface area contributed by atoms with Crippen LogP contribution in [0.4, 0.5) is 5.13 Å². The number of nitrogens with one attached hydrogen (secondary N) is 1. The first-order valence-electron chi connectivity index (χ1n) is 3.47. The molecule has 1 N–H and O–H groups in total. The van der Waals surface area contributed by atoms with Gasteiger partial charge in [0.05, 0.1) is 5.25 Å². The fraction of sp³-hybridized carbons (Fsp3) is 0.429. The molecule has 1 heterocycles. The van der Waals surface area contributed by atoms with Gasteiger partial charge in [-0.25, -0.2) is 4.98 Å². The topological polar surface area (TPSA) is 42.0 Å². The zero-order valence-electron chi connectivity index (χ0n) is 6.90. The van der Waals surface area contributed by atoms with Gasteiger partial charge >= 0.3 is 0 Å². The maximum Gasteiger partial charge on any atom is 0.238 e. The number of thioether (sulfide) groups is 1. The van der Waals surface area contributed by atoms with E-state index in [0.29, 0.717) is 5.13 Å². The van der Waals surface area contributed by atoms with E-state index in [2.05, 4.69) is 10.3 Å². The largest absolute Gasteiger partial charge is 0.301 e. The van der Waals surface area contributed by atoms with Gasteiger partial charge in [-0.3, -0.25) is 4.79 Å². The summed E-state index contributed by atoms with van der Waals surface area (Å²) in [6, 6.07) is 0. The highest BCUT2D eigenvalue weighted by Crippen LogP contribution is 2.13. The molecule has 0 fully saturated rings. The number of anilines is 1. The van der Waals surface area contributed by atoms with Crippen molar-refractivity contribution in [1.29, 1.82) is 0 Å². The second-order valence-corrected chi connectivity index (χ2v) is 4.28. The average molecular weight is 202 g/mol. The maximum absolute atomic E-state index is 11.3. The monoisotopic (exact) mass is 202 g/mol. The minimum atomic E-state index is -0.0195. The molecule has 0 aliphatic rings. The Morgan fingerprint density at radius 3 is 3.08 bits per heavy atom. The number of hydrogen-bond acceptors (Lipinski definition) is 4. The average Bonchev–Trinajstić information content (AvgIpc) is 2.55. The van der Waals surface area contributed by atoms with Crippen molar-refractivity contribution in [1.82, 2.24) is 4.98 Å². The van der Waals surface area contributed by atoms with Gasteiger partial charge in [-0.2, -0.15) is 11.8 Å². The molecule has 5 heteroatoms. The van der Waals surface area contributed by atoms with Gasteiger partial charge in [-0.1, -0.05) is 0 Å². The minimum absolute atomic E-state index is 0.0115. The molecular formula is C7H10N2OS2. The smallest absolute Gasteiger partial charge is 0.238 e. The highest BCUT2D eigenvalue weighted by molar-refractivity contribution is 7.99. The molecule has 0 radical (unpaired) electrons. The first-order chi connectivity index (χ1) is 5.74. The first-order valence-corrected chi connectivity index (χ1v) is 5.64. The van der Waals surface area contributed by atoms with Crippen molar-refractivity contribution in [3.05, 3.63) is 11.6 Å². The van der Waals surface area contributed by atoms with Crippen LogP contribution in [0.2, 0.25) is 0 Å². The van der Waals surface area contributed by atoms with Gasteiger partial charge in [-0.05, 0) is 13.2 Å². The van der Waals surface area contributed by atoms with Crippen molar-refractivity contribution >= 4 is 34.1 Å². The Kier molecular flexibility index (Phi) is 3.55. The zero-order valence-corrected chi connectivity index (χ0v) is 8.54. The van der Waals surface area contributed by atoms with Crippen LogP contribution < -0.4 is 5.32 Å². The summed E-state index contributed by atoms with van der Waals surface area (Å²) in [6.07, 6.45) is 3.58. The van der Waals surface area contributed by atoms with Crippen LogP contribution in [0.15, 0.2) is 11.6 Å².